The minimum absolute atomic E-state index is 0.556. The standard InChI is InChI=1S/C16H20N6OS2/c1-3-6-22-14(17-20-21-22)9-24-16-19-18-15(23-16)13-8-11-7-10(2)4-5-12(11)25-13/h8,10H,3-7,9H2,1-2H3/t10-/m0/s1. The molecule has 0 unspecified atom stereocenters. The van der Waals surface area contributed by atoms with Crippen molar-refractivity contribution in [2.45, 2.75) is 57.1 Å². The summed E-state index contributed by atoms with van der Waals surface area (Å²) in [5.74, 6) is 2.82. The maximum Gasteiger partial charge on any atom is 0.277 e. The van der Waals surface area contributed by atoms with Gasteiger partial charge in [-0.25, -0.2) is 4.68 Å². The van der Waals surface area contributed by atoms with Crippen LogP contribution in [0.2, 0.25) is 0 Å². The van der Waals surface area contributed by atoms with Gasteiger partial charge in [0.05, 0.1) is 10.6 Å². The summed E-state index contributed by atoms with van der Waals surface area (Å²) < 4.78 is 7.66. The molecule has 0 aliphatic heterocycles. The number of rotatable bonds is 6. The van der Waals surface area contributed by atoms with Gasteiger partial charge in [-0.1, -0.05) is 25.6 Å². The van der Waals surface area contributed by atoms with Crippen LogP contribution >= 0.6 is 23.1 Å². The third kappa shape index (κ3) is 3.62. The average Bonchev–Trinajstić information content (AvgIpc) is 3.32. The van der Waals surface area contributed by atoms with Gasteiger partial charge in [-0.15, -0.1) is 26.6 Å². The topological polar surface area (TPSA) is 82.5 Å². The monoisotopic (exact) mass is 376 g/mol. The lowest BCUT2D eigenvalue weighted by Crippen LogP contribution is -2.07. The van der Waals surface area contributed by atoms with Crippen LogP contribution < -0.4 is 0 Å². The van der Waals surface area contributed by atoms with Crippen LogP contribution in [0.1, 0.15) is 43.0 Å². The number of aryl methyl sites for hydroxylation is 2. The van der Waals surface area contributed by atoms with E-state index < -0.39 is 0 Å². The molecule has 1 aliphatic rings. The molecule has 0 amide bonds. The van der Waals surface area contributed by atoms with Crippen molar-refractivity contribution >= 4 is 23.1 Å². The van der Waals surface area contributed by atoms with Gasteiger partial charge in [0, 0.05) is 11.4 Å². The van der Waals surface area contributed by atoms with Gasteiger partial charge in [0.15, 0.2) is 5.82 Å². The van der Waals surface area contributed by atoms with Gasteiger partial charge in [0.2, 0.25) is 0 Å². The Kier molecular flexibility index (Phi) is 4.85. The second-order valence-corrected chi connectivity index (χ2v) is 8.45. The molecule has 0 fully saturated rings. The van der Waals surface area contributed by atoms with E-state index in [1.54, 1.807) is 11.3 Å². The summed E-state index contributed by atoms with van der Waals surface area (Å²) in [6.07, 6.45) is 4.58. The second-order valence-electron chi connectivity index (χ2n) is 6.39. The molecular formula is C16H20N6OS2. The molecule has 3 heterocycles. The zero-order valence-electron chi connectivity index (χ0n) is 14.3. The highest BCUT2D eigenvalue weighted by molar-refractivity contribution is 7.98. The average molecular weight is 377 g/mol. The van der Waals surface area contributed by atoms with Crippen molar-refractivity contribution in [1.82, 2.24) is 30.4 Å². The van der Waals surface area contributed by atoms with Gasteiger partial charge in [-0.2, -0.15) is 0 Å². The molecule has 9 heteroatoms. The van der Waals surface area contributed by atoms with E-state index in [1.165, 1.54) is 28.6 Å². The molecule has 3 aromatic rings. The molecule has 0 saturated carbocycles. The molecule has 1 aliphatic carbocycles. The molecule has 0 bridgehead atoms. The molecule has 4 rings (SSSR count). The van der Waals surface area contributed by atoms with Crippen LogP contribution in [-0.4, -0.2) is 30.4 Å². The highest BCUT2D eigenvalue weighted by Gasteiger charge is 2.21. The van der Waals surface area contributed by atoms with E-state index in [0.29, 0.717) is 16.9 Å². The first-order valence-corrected chi connectivity index (χ1v) is 10.4. The number of hydrogen-bond donors (Lipinski definition) is 0. The number of aromatic nitrogens is 6. The first-order chi connectivity index (χ1) is 12.2. The third-order valence-corrected chi connectivity index (χ3v) is 6.35. The minimum atomic E-state index is 0.556. The Balaban J connectivity index is 1.45. The van der Waals surface area contributed by atoms with Crippen molar-refractivity contribution in [3.8, 4) is 10.8 Å². The SMILES string of the molecule is CCCn1nnnc1CSc1nnc(-c2cc3c(s2)CC[C@H](C)C3)o1. The van der Waals surface area contributed by atoms with Crippen molar-refractivity contribution in [3.05, 3.63) is 22.3 Å². The number of thiophene rings is 1. The molecule has 0 aromatic carbocycles. The first kappa shape index (κ1) is 16.7. The lowest BCUT2D eigenvalue weighted by atomic mass is 9.90. The van der Waals surface area contributed by atoms with E-state index in [0.717, 1.165) is 42.4 Å². The summed E-state index contributed by atoms with van der Waals surface area (Å²) in [6, 6.07) is 2.22. The fraction of sp³-hybridized carbons (Fsp3) is 0.562. The molecule has 0 N–H and O–H groups in total. The highest BCUT2D eigenvalue weighted by Crippen LogP contribution is 2.37. The molecule has 0 radical (unpaired) electrons. The van der Waals surface area contributed by atoms with Crippen molar-refractivity contribution in [2.75, 3.05) is 0 Å². The number of fused-ring (bicyclic) bond motifs is 1. The smallest absolute Gasteiger partial charge is 0.277 e. The number of thioether (sulfide) groups is 1. The molecule has 0 spiro atoms. The number of nitrogens with zero attached hydrogens (tertiary/aromatic N) is 6. The lowest BCUT2D eigenvalue weighted by molar-refractivity contribution is 0.466. The summed E-state index contributed by atoms with van der Waals surface area (Å²) >= 11 is 3.26. The zero-order valence-corrected chi connectivity index (χ0v) is 15.9. The van der Waals surface area contributed by atoms with Crippen molar-refractivity contribution in [2.24, 2.45) is 5.92 Å². The summed E-state index contributed by atoms with van der Waals surface area (Å²) in [6.45, 7) is 5.23. The van der Waals surface area contributed by atoms with Crippen LogP contribution in [0.15, 0.2) is 15.7 Å². The van der Waals surface area contributed by atoms with Crippen molar-refractivity contribution in [1.29, 1.82) is 0 Å². The quantitative estimate of drug-likeness (QED) is 0.608. The fourth-order valence-corrected chi connectivity index (χ4v) is 4.84. The van der Waals surface area contributed by atoms with Gasteiger partial charge in [0.25, 0.3) is 11.1 Å². The van der Waals surface area contributed by atoms with E-state index in [2.05, 4.69) is 45.6 Å². The van der Waals surface area contributed by atoms with Crippen LogP contribution in [0.5, 0.6) is 0 Å². The van der Waals surface area contributed by atoms with Gasteiger partial charge < -0.3 is 4.42 Å². The predicted octanol–water partition coefficient (Wildman–Crippen LogP) is 3.61. The Morgan fingerprint density at radius 3 is 3.16 bits per heavy atom. The van der Waals surface area contributed by atoms with Gasteiger partial charge in [-0.05, 0) is 53.7 Å². The lowest BCUT2D eigenvalue weighted by Gasteiger charge is -2.16. The summed E-state index contributed by atoms with van der Waals surface area (Å²) in [7, 11) is 0. The molecule has 132 valence electrons. The van der Waals surface area contributed by atoms with Gasteiger partial charge >= 0.3 is 0 Å². The molecule has 0 saturated heterocycles. The molecule has 3 aromatic heterocycles. The Morgan fingerprint density at radius 1 is 1.36 bits per heavy atom. The van der Waals surface area contributed by atoms with Crippen molar-refractivity contribution in [3.63, 3.8) is 0 Å². The Hall–Kier alpha value is -1.74. The van der Waals surface area contributed by atoms with Crippen molar-refractivity contribution < 1.29 is 4.42 Å². The van der Waals surface area contributed by atoms with Crippen LogP contribution in [-0.2, 0) is 25.1 Å². The summed E-state index contributed by atoms with van der Waals surface area (Å²) in [4.78, 5) is 2.55. The van der Waals surface area contributed by atoms with E-state index in [9.17, 15) is 0 Å². The summed E-state index contributed by atoms with van der Waals surface area (Å²) in [5, 5.41) is 20.7. The third-order valence-electron chi connectivity index (χ3n) is 4.31. The maximum atomic E-state index is 5.85. The molecule has 7 nitrogen and oxygen atoms in total. The normalized spacial score (nSPS) is 17.0. The van der Waals surface area contributed by atoms with E-state index in [-0.39, 0.29) is 0 Å². The number of tetrazole rings is 1. The summed E-state index contributed by atoms with van der Waals surface area (Å²) in [5.41, 5.74) is 1.45. The van der Waals surface area contributed by atoms with Crippen LogP contribution in [0.25, 0.3) is 10.8 Å². The van der Waals surface area contributed by atoms with E-state index >= 15 is 0 Å². The molecular weight excluding hydrogens is 356 g/mol. The van der Waals surface area contributed by atoms with E-state index in [4.69, 9.17) is 4.42 Å². The maximum absolute atomic E-state index is 5.85. The Bertz CT molecular complexity index is 855. The Morgan fingerprint density at radius 2 is 2.28 bits per heavy atom. The predicted molar refractivity (Wildman–Crippen MR) is 96.5 cm³/mol. The first-order valence-electron chi connectivity index (χ1n) is 8.56. The largest absolute Gasteiger partial charge is 0.410 e. The van der Waals surface area contributed by atoms with E-state index in [1.807, 2.05) is 4.68 Å². The van der Waals surface area contributed by atoms with Crippen LogP contribution in [0, 0.1) is 5.92 Å². The minimum Gasteiger partial charge on any atom is -0.410 e. The van der Waals surface area contributed by atoms with Gasteiger partial charge in [-0.3, -0.25) is 0 Å². The second kappa shape index (κ2) is 7.25. The highest BCUT2D eigenvalue weighted by atomic mass is 32.2. The number of hydrogen-bond acceptors (Lipinski definition) is 8. The Labute approximate surface area is 154 Å². The zero-order chi connectivity index (χ0) is 17.2. The molecule has 25 heavy (non-hydrogen) atoms. The fourth-order valence-electron chi connectivity index (χ4n) is 3.02. The van der Waals surface area contributed by atoms with Crippen LogP contribution in [0.3, 0.4) is 0 Å². The van der Waals surface area contributed by atoms with Crippen LogP contribution in [0.4, 0.5) is 0 Å². The molecule has 1 atom stereocenters. The van der Waals surface area contributed by atoms with Gasteiger partial charge in [0.1, 0.15) is 0 Å².